The molecule has 1 aromatic carbocycles. The van der Waals surface area contributed by atoms with Gasteiger partial charge >= 0.3 is 0 Å². The second kappa shape index (κ2) is 5.60. The van der Waals surface area contributed by atoms with E-state index in [1.54, 1.807) is 6.92 Å². The molecule has 1 amide bonds. The number of carbonyl (C=O) groups excluding carboxylic acids is 1. The van der Waals surface area contributed by atoms with Gasteiger partial charge in [-0.15, -0.1) is 10.2 Å². The van der Waals surface area contributed by atoms with Gasteiger partial charge in [-0.2, -0.15) is 0 Å². The molecule has 1 atom stereocenters. The lowest BCUT2D eigenvalue weighted by Crippen LogP contribution is -2.14. The lowest BCUT2D eigenvalue weighted by atomic mass is 10.2. The van der Waals surface area contributed by atoms with E-state index in [2.05, 4.69) is 15.5 Å². The molecule has 1 aromatic heterocycles. The van der Waals surface area contributed by atoms with Gasteiger partial charge in [0, 0.05) is 0 Å². The monoisotopic (exact) mass is 300 g/mol. The summed E-state index contributed by atoms with van der Waals surface area (Å²) < 4.78 is 13.5. The van der Waals surface area contributed by atoms with Crippen molar-refractivity contribution in [2.45, 2.75) is 13.0 Å². The van der Waals surface area contributed by atoms with Gasteiger partial charge in [-0.25, -0.2) is 4.39 Å². The normalized spacial score (nSPS) is 12.2. The van der Waals surface area contributed by atoms with Crippen LogP contribution in [-0.4, -0.2) is 16.1 Å². The topological polar surface area (TPSA) is 80.9 Å². The molecule has 2 rings (SSSR count). The van der Waals surface area contributed by atoms with Gasteiger partial charge in [0.2, 0.25) is 5.13 Å². The first-order valence-electron chi connectivity index (χ1n) is 5.33. The minimum absolute atomic E-state index is 0.0365. The average Bonchev–Trinajstić information content (AvgIpc) is 2.77. The molecule has 0 aliphatic carbocycles. The van der Waals surface area contributed by atoms with Crippen molar-refractivity contribution in [3.63, 3.8) is 0 Å². The Morgan fingerprint density at radius 3 is 2.84 bits per heavy atom. The van der Waals surface area contributed by atoms with Crippen molar-refractivity contribution < 1.29 is 9.18 Å². The van der Waals surface area contributed by atoms with E-state index in [9.17, 15) is 9.18 Å². The number of carbonyl (C=O) groups is 1. The summed E-state index contributed by atoms with van der Waals surface area (Å²) in [5.41, 5.74) is 5.41. The van der Waals surface area contributed by atoms with Crippen molar-refractivity contribution in [2.24, 2.45) is 5.73 Å². The number of amides is 1. The zero-order valence-electron chi connectivity index (χ0n) is 9.85. The van der Waals surface area contributed by atoms with Crippen LogP contribution in [0.2, 0.25) is 5.02 Å². The van der Waals surface area contributed by atoms with Gasteiger partial charge < -0.3 is 5.73 Å². The third kappa shape index (κ3) is 3.06. The Bertz CT molecular complexity index is 596. The van der Waals surface area contributed by atoms with E-state index in [-0.39, 0.29) is 21.8 Å². The molecule has 0 saturated heterocycles. The fraction of sp³-hybridized carbons (Fsp3) is 0.182. The van der Waals surface area contributed by atoms with Crippen molar-refractivity contribution in [2.75, 3.05) is 5.32 Å². The van der Waals surface area contributed by atoms with Crippen LogP contribution in [0.5, 0.6) is 0 Å². The van der Waals surface area contributed by atoms with Crippen molar-refractivity contribution in [1.82, 2.24) is 10.2 Å². The molecule has 0 radical (unpaired) electrons. The molecule has 3 N–H and O–H groups in total. The first-order valence-corrected chi connectivity index (χ1v) is 6.53. The number of nitrogens with zero attached hydrogens (tertiary/aromatic N) is 2. The zero-order valence-corrected chi connectivity index (χ0v) is 11.4. The number of aromatic nitrogens is 2. The molecular formula is C11H10ClFN4OS. The van der Waals surface area contributed by atoms with Gasteiger partial charge in [-0.05, 0) is 19.1 Å². The highest BCUT2D eigenvalue weighted by Crippen LogP contribution is 2.23. The maximum Gasteiger partial charge on any atom is 0.261 e. The molecular weight excluding hydrogens is 291 g/mol. The maximum absolute atomic E-state index is 13.5. The Morgan fingerprint density at radius 1 is 1.53 bits per heavy atom. The van der Waals surface area contributed by atoms with Gasteiger partial charge in [-0.1, -0.05) is 29.0 Å². The highest BCUT2D eigenvalue weighted by molar-refractivity contribution is 7.15. The zero-order chi connectivity index (χ0) is 14.0. The Kier molecular flexibility index (Phi) is 4.08. The molecule has 0 saturated carbocycles. The van der Waals surface area contributed by atoms with Gasteiger partial charge in [-0.3, -0.25) is 10.1 Å². The Morgan fingerprint density at radius 2 is 2.26 bits per heavy atom. The van der Waals surface area contributed by atoms with Gasteiger partial charge in [0.25, 0.3) is 5.91 Å². The van der Waals surface area contributed by atoms with Crippen LogP contribution in [0, 0.1) is 5.82 Å². The van der Waals surface area contributed by atoms with E-state index in [0.29, 0.717) is 5.01 Å². The number of nitrogens with two attached hydrogens (primary N) is 1. The van der Waals surface area contributed by atoms with Crippen molar-refractivity contribution in [3.8, 4) is 0 Å². The molecule has 0 aliphatic heterocycles. The summed E-state index contributed by atoms with van der Waals surface area (Å²) in [6.45, 7) is 1.75. The first kappa shape index (κ1) is 13.9. The molecule has 0 aliphatic rings. The number of hydrogen-bond donors (Lipinski definition) is 2. The number of hydrogen-bond acceptors (Lipinski definition) is 5. The molecule has 5 nitrogen and oxygen atoms in total. The van der Waals surface area contributed by atoms with Crippen LogP contribution in [0.3, 0.4) is 0 Å². The van der Waals surface area contributed by atoms with Crippen LogP contribution >= 0.6 is 22.9 Å². The Labute approximate surface area is 117 Å². The van der Waals surface area contributed by atoms with Crippen LogP contribution in [0.1, 0.15) is 28.3 Å². The second-order valence-electron chi connectivity index (χ2n) is 3.78. The Balaban J connectivity index is 2.21. The molecule has 0 bridgehead atoms. The predicted molar refractivity (Wildman–Crippen MR) is 71.9 cm³/mol. The average molecular weight is 301 g/mol. The summed E-state index contributed by atoms with van der Waals surface area (Å²) >= 11 is 6.92. The minimum Gasteiger partial charge on any atom is -0.322 e. The van der Waals surface area contributed by atoms with E-state index < -0.39 is 11.7 Å². The molecule has 100 valence electrons. The molecule has 1 heterocycles. The minimum atomic E-state index is -0.693. The number of nitrogens with one attached hydrogen (secondary N) is 1. The van der Waals surface area contributed by atoms with E-state index in [1.165, 1.54) is 12.1 Å². The number of halogens is 2. The molecule has 1 unspecified atom stereocenters. The van der Waals surface area contributed by atoms with E-state index >= 15 is 0 Å². The molecule has 0 spiro atoms. The van der Waals surface area contributed by atoms with Gasteiger partial charge in [0.15, 0.2) is 0 Å². The number of benzene rings is 1. The maximum atomic E-state index is 13.5. The van der Waals surface area contributed by atoms with Crippen LogP contribution in [0.4, 0.5) is 9.52 Å². The third-order valence-electron chi connectivity index (χ3n) is 2.24. The summed E-state index contributed by atoms with van der Waals surface area (Å²) in [4.78, 5) is 11.9. The lowest BCUT2D eigenvalue weighted by molar-refractivity contribution is 0.102. The summed E-state index contributed by atoms with van der Waals surface area (Å²) in [6.07, 6.45) is 0. The summed E-state index contributed by atoms with van der Waals surface area (Å²) in [6, 6.07) is 3.75. The molecule has 0 fully saturated rings. The predicted octanol–water partition coefficient (Wildman–Crippen LogP) is 2.60. The highest BCUT2D eigenvalue weighted by Gasteiger charge is 2.18. The number of rotatable bonds is 3. The summed E-state index contributed by atoms with van der Waals surface area (Å²) in [5, 5.41) is 10.9. The SMILES string of the molecule is CC(N)c1nnc(NC(=O)c2c(F)cccc2Cl)s1. The highest BCUT2D eigenvalue weighted by atomic mass is 35.5. The largest absolute Gasteiger partial charge is 0.322 e. The fourth-order valence-corrected chi connectivity index (χ4v) is 2.28. The third-order valence-corrected chi connectivity index (χ3v) is 3.60. The number of anilines is 1. The Hall–Kier alpha value is -1.57. The van der Waals surface area contributed by atoms with Crippen LogP contribution in [0.15, 0.2) is 18.2 Å². The van der Waals surface area contributed by atoms with Crippen LogP contribution < -0.4 is 11.1 Å². The second-order valence-corrected chi connectivity index (χ2v) is 5.20. The summed E-state index contributed by atoms with van der Waals surface area (Å²) in [5.74, 6) is -1.36. The van der Waals surface area contributed by atoms with Gasteiger partial charge in [0.05, 0.1) is 16.6 Å². The van der Waals surface area contributed by atoms with Crippen molar-refractivity contribution in [1.29, 1.82) is 0 Å². The fourth-order valence-electron chi connectivity index (χ4n) is 1.34. The molecule has 2 aromatic rings. The van der Waals surface area contributed by atoms with Crippen molar-refractivity contribution in [3.05, 3.63) is 39.6 Å². The van der Waals surface area contributed by atoms with Gasteiger partial charge in [0.1, 0.15) is 10.8 Å². The van der Waals surface area contributed by atoms with E-state index in [0.717, 1.165) is 17.4 Å². The van der Waals surface area contributed by atoms with E-state index in [1.807, 2.05) is 0 Å². The van der Waals surface area contributed by atoms with E-state index in [4.69, 9.17) is 17.3 Å². The standard InChI is InChI=1S/C11H10ClFN4OS/c1-5(14)10-16-17-11(19-10)15-9(18)8-6(12)3-2-4-7(8)13/h2-5H,14H2,1H3,(H,15,17,18). The van der Waals surface area contributed by atoms with Crippen LogP contribution in [0.25, 0.3) is 0 Å². The smallest absolute Gasteiger partial charge is 0.261 e. The molecule has 19 heavy (non-hydrogen) atoms. The molecule has 8 heteroatoms. The lowest BCUT2D eigenvalue weighted by Gasteiger charge is -2.04. The van der Waals surface area contributed by atoms with Crippen molar-refractivity contribution >= 4 is 34.0 Å². The summed E-state index contributed by atoms with van der Waals surface area (Å²) in [7, 11) is 0. The first-order chi connectivity index (χ1) is 8.99. The quantitative estimate of drug-likeness (QED) is 0.913. The van der Waals surface area contributed by atoms with Crippen LogP contribution in [-0.2, 0) is 0 Å².